The first kappa shape index (κ1) is 22.7. The van der Waals surface area contributed by atoms with Gasteiger partial charge in [0.15, 0.2) is 11.6 Å². The SMILES string of the molecule is CC12C[C@H](O)C(O)CC1C(=O)C=C1C2CCC2(C)C(C(=O)CN3CCOCC3)CCC12O. The Balaban J connectivity index is 1.44. The molecular formula is C25H37NO6. The standard InChI is InChI=1S/C25H37NO6/c1-23-13-21(29)20(28)12-18(23)19(27)11-17-15(23)3-5-24(2)16(4-6-25(17,24)31)22(30)14-26-7-9-32-10-8-26/h11,15-16,18,20-21,28-29,31H,3-10,12-14H2,1-2H3/t15?,16?,18?,20?,21-,23?,24?,25?/m0/s1. The number of hydrogen-bond acceptors (Lipinski definition) is 7. The predicted molar refractivity (Wildman–Crippen MR) is 117 cm³/mol. The summed E-state index contributed by atoms with van der Waals surface area (Å²) in [6.07, 6.45) is 3.19. The van der Waals surface area contributed by atoms with Crippen LogP contribution in [0.15, 0.2) is 11.6 Å². The number of aliphatic hydroxyl groups is 3. The Labute approximate surface area is 189 Å². The van der Waals surface area contributed by atoms with Gasteiger partial charge in [-0.25, -0.2) is 0 Å². The summed E-state index contributed by atoms with van der Waals surface area (Å²) in [5.41, 5.74) is -1.46. The number of allylic oxidation sites excluding steroid dienone is 1. The molecule has 4 fully saturated rings. The molecule has 0 amide bonds. The van der Waals surface area contributed by atoms with E-state index in [9.17, 15) is 24.9 Å². The Morgan fingerprint density at radius 3 is 2.56 bits per heavy atom. The first-order valence-electron chi connectivity index (χ1n) is 12.3. The Morgan fingerprint density at radius 1 is 1.12 bits per heavy atom. The maximum atomic E-state index is 13.4. The van der Waals surface area contributed by atoms with Crippen molar-refractivity contribution in [3.05, 3.63) is 11.6 Å². The average molecular weight is 448 g/mol. The molecule has 5 rings (SSSR count). The fourth-order valence-electron chi connectivity index (χ4n) is 7.98. The molecular weight excluding hydrogens is 410 g/mol. The summed E-state index contributed by atoms with van der Waals surface area (Å²) in [4.78, 5) is 28.7. The van der Waals surface area contributed by atoms with Gasteiger partial charge in [0.05, 0.1) is 37.6 Å². The molecule has 1 heterocycles. The van der Waals surface area contributed by atoms with E-state index in [1.54, 1.807) is 6.08 Å². The minimum absolute atomic E-state index is 0.0153. The number of fused-ring (bicyclic) bond motifs is 5. The molecule has 0 aromatic heterocycles. The lowest BCUT2D eigenvalue weighted by Gasteiger charge is -2.59. The number of Topliss-reactive ketones (excluding diaryl/α,β-unsaturated/α-hetero) is 1. The van der Waals surface area contributed by atoms with E-state index >= 15 is 0 Å². The number of hydrogen-bond donors (Lipinski definition) is 3. The molecule has 3 saturated carbocycles. The minimum Gasteiger partial charge on any atom is -0.390 e. The maximum absolute atomic E-state index is 13.4. The fraction of sp³-hybridized carbons (Fsp3) is 0.840. The molecule has 0 bridgehead atoms. The van der Waals surface area contributed by atoms with Gasteiger partial charge in [-0.2, -0.15) is 0 Å². The van der Waals surface area contributed by atoms with Crippen molar-refractivity contribution in [3.8, 4) is 0 Å². The van der Waals surface area contributed by atoms with Crippen molar-refractivity contribution in [2.75, 3.05) is 32.8 Å². The summed E-state index contributed by atoms with van der Waals surface area (Å²) >= 11 is 0. The third-order valence-electron chi connectivity index (χ3n) is 9.99. The highest BCUT2D eigenvalue weighted by Gasteiger charge is 2.67. The third kappa shape index (κ3) is 3.12. The molecule has 7 nitrogen and oxygen atoms in total. The Bertz CT molecular complexity index is 836. The van der Waals surface area contributed by atoms with Gasteiger partial charge in [-0.05, 0) is 61.5 Å². The second kappa shape index (κ2) is 7.70. The number of ketones is 2. The van der Waals surface area contributed by atoms with Gasteiger partial charge in [-0.15, -0.1) is 0 Å². The van der Waals surface area contributed by atoms with Crippen LogP contribution < -0.4 is 0 Å². The Kier molecular flexibility index (Phi) is 5.45. The maximum Gasteiger partial charge on any atom is 0.159 e. The third-order valence-corrected chi connectivity index (χ3v) is 9.99. The lowest BCUT2D eigenvalue weighted by molar-refractivity contribution is -0.154. The Morgan fingerprint density at radius 2 is 1.84 bits per heavy atom. The minimum atomic E-state index is -1.17. The van der Waals surface area contributed by atoms with Crippen molar-refractivity contribution in [3.63, 3.8) is 0 Å². The van der Waals surface area contributed by atoms with Crippen molar-refractivity contribution < 1.29 is 29.6 Å². The van der Waals surface area contributed by atoms with Crippen molar-refractivity contribution >= 4 is 11.6 Å². The van der Waals surface area contributed by atoms with Crippen LogP contribution in [0.2, 0.25) is 0 Å². The second-order valence-electron chi connectivity index (χ2n) is 11.5. The zero-order valence-electron chi connectivity index (χ0n) is 19.3. The molecule has 8 atom stereocenters. The van der Waals surface area contributed by atoms with Gasteiger partial charge < -0.3 is 20.1 Å². The molecule has 3 N–H and O–H groups in total. The van der Waals surface area contributed by atoms with E-state index < -0.39 is 28.6 Å². The highest BCUT2D eigenvalue weighted by molar-refractivity contribution is 5.95. The van der Waals surface area contributed by atoms with E-state index in [2.05, 4.69) is 4.90 Å². The molecule has 0 aromatic rings. The van der Waals surface area contributed by atoms with Crippen LogP contribution in [0.4, 0.5) is 0 Å². The zero-order valence-corrected chi connectivity index (χ0v) is 19.3. The largest absolute Gasteiger partial charge is 0.390 e. The van der Waals surface area contributed by atoms with Gasteiger partial charge in [0.25, 0.3) is 0 Å². The summed E-state index contributed by atoms with van der Waals surface area (Å²) in [5.74, 6) is -0.435. The van der Waals surface area contributed by atoms with Crippen LogP contribution in [0.1, 0.15) is 52.4 Å². The normalized spacial score (nSPS) is 49.1. The van der Waals surface area contributed by atoms with E-state index in [1.807, 2.05) is 13.8 Å². The lowest BCUT2D eigenvalue weighted by atomic mass is 9.46. The number of nitrogens with zero attached hydrogens (tertiary/aromatic N) is 1. The van der Waals surface area contributed by atoms with E-state index in [-0.39, 0.29) is 35.7 Å². The van der Waals surface area contributed by atoms with Gasteiger partial charge in [0.1, 0.15) is 0 Å². The van der Waals surface area contributed by atoms with Crippen LogP contribution in [-0.4, -0.2) is 82.4 Å². The summed E-state index contributed by atoms with van der Waals surface area (Å²) < 4.78 is 5.40. The highest BCUT2D eigenvalue weighted by atomic mass is 16.5. The molecule has 7 heteroatoms. The molecule has 0 radical (unpaired) electrons. The van der Waals surface area contributed by atoms with Crippen molar-refractivity contribution in [2.45, 2.75) is 70.2 Å². The van der Waals surface area contributed by atoms with Crippen molar-refractivity contribution in [1.82, 2.24) is 4.90 Å². The molecule has 1 aliphatic heterocycles. The van der Waals surface area contributed by atoms with Crippen LogP contribution >= 0.6 is 0 Å². The highest BCUT2D eigenvalue weighted by Crippen LogP contribution is 2.67. The monoisotopic (exact) mass is 447 g/mol. The molecule has 178 valence electrons. The number of carbonyl (C=O) groups excluding carboxylic acids is 2. The van der Waals surface area contributed by atoms with Crippen LogP contribution in [0.5, 0.6) is 0 Å². The quantitative estimate of drug-likeness (QED) is 0.595. The number of rotatable bonds is 3. The van der Waals surface area contributed by atoms with Crippen molar-refractivity contribution in [2.24, 2.45) is 28.6 Å². The zero-order chi connectivity index (χ0) is 22.9. The van der Waals surface area contributed by atoms with Crippen LogP contribution in [-0.2, 0) is 14.3 Å². The van der Waals surface area contributed by atoms with Crippen LogP contribution in [0.25, 0.3) is 0 Å². The fourth-order valence-corrected chi connectivity index (χ4v) is 7.98. The number of aliphatic hydroxyl groups excluding tert-OH is 2. The first-order chi connectivity index (χ1) is 15.1. The topological polar surface area (TPSA) is 107 Å². The van der Waals surface area contributed by atoms with E-state index in [0.29, 0.717) is 39.0 Å². The van der Waals surface area contributed by atoms with Crippen LogP contribution in [0, 0.1) is 28.6 Å². The van der Waals surface area contributed by atoms with E-state index in [1.165, 1.54) is 0 Å². The van der Waals surface area contributed by atoms with Gasteiger partial charge in [0, 0.05) is 30.3 Å². The number of carbonyl (C=O) groups is 2. The molecule has 4 aliphatic carbocycles. The van der Waals surface area contributed by atoms with Gasteiger partial charge in [0.2, 0.25) is 0 Å². The summed E-state index contributed by atoms with van der Waals surface area (Å²) in [5, 5.41) is 32.7. The van der Waals surface area contributed by atoms with Gasteiger partial charge in [-0.1, -0.05) is 13.8 Å². The van der Waals surface area contributed by atoms with E-state index in [0.717, 1.165) is 31.5 Å². The molecule has 7 unspecified atom stereocenters. The van der Waals surface area contributed by atoms with Crippen LogP contribution in [0.3, 0.4) is 0 Å². The summed E-state index contributed by atoms with van der Waals surface area (Å²) in [7, 11) is 0. The van der Waals surface area contributed by atoms with Crippen molar-refractivity contribution in [1.29, 1.82) is 0 Å². The van der Waals surface area contributed by atoms with Gasteiger partial charge >= 0.3 is 0 Å². The molecule has 1 saturated heterocycles. The molecule has 5 aliphatic rings. The Hall–Kier alpha value is -1.12. The summed E-state index contributed by atoms with van der Waals surface area (Å²) in [6.45, 7) is 7.29. The smallest absolute Gasteiger partial charge is 0.159 e. The van der Waals surface area contributed by atoms with Gasteiger partial charge in [-0.3, -0.25) is 14.5 Å². The van der Waals surface area contributed by atoms with E-state index in [4.69, 9.17) is 4.74 Å². The number of morpholine rings is 1. The predicted octanol–water partition coefficient (Wildman–Crippen LogP) is 1.09. The number of ether oxygens (including phenoxy) is 1. The molecule has 0 aromatic carbocycles. The second-order valence-corrected chi connectivity index (χ2v) is 11.5. The average Bonchev–Trinajstić information content (AvgIpc) is 3.03. The molecule has 0 spiro atoms. The lowest BCUT2D eigenvalue weighted by Crippen LogP contribution is -2.61. The molecule has 32 heavy (non-hydrogen) atoms. The summed E-state index contributed by atoms with van der Waals surface area (Å²) in [6, 6.07) is 0. The first-order valence-corrected chi connectivity index (χ1v) is 12.3.